The van der Waals surface area contributed by atoms with Crippen molar-refractivity contribution in [1.82, 2.24) is 9.38 Å². The lowest BCUT2D eigenvalue weighted by Crippen LogP contribution is -2.48. The number of nitrogens with two attached hydrogens (primary N) is 1. The number of hydrogen-bond acceptors (Lipinski definition) is 4. The Kier molecular flexibility index (Phi) is 5.81. The van der Waals surface area contributed by atoms with E-state index < -0.39 is 11.6 Å². The third-order valence-electron chi connectivity index (χ3n) is 7.63. The number of rotatable bonds is 6. The summed E-state index contributed by atoms with van der Waals surface area (Å²) in [5, 5.41) is 0. The third kappa shape index (κ3) is 4.03. The average Bonchev–Trinajstić information content (AvgIpc) is 3.15. The molecule has 1 aliphatic rings. The number of ether oxygens (including phenoxy) is 1. The number of ketones is 1. The lowest BCUT2D eigenvalue weighted by molar-refractivity contribution is 0.0887. The summed E-state index contributed by atoms with van der Waals surface area (Å²) in [6, 6.07) is 5.46. The molecule has 7 heteroatoms. The fourth-order valence-corrected chi connectivity index (χ4v) is 4.92. The van der Waals surface area contributed by atoms with Crippen LogP contribution in [0.15, 0.2) is 30.5 Å². The standard InChI is InChI=1S/C26H31F2N3O2/c1-15-11-22(33-14-18-19(27)7-6-8-20(18)28)24-30-16(2)23(31(24)13-15)21(32)12-17-9-10-26(5,29)25(17,3)4/h6-8,11,13,17H,9-10,12,14,29H2,1-5H3/t17-,26-/m0/s1. The average molecular weight is 456 g/mol. The van der Waals surface area contributed by atoms with E-state index in [0.717, 1.165) is 18.4 Å². The number of aryl methyl sites for hydroxylation is 2. The molecule has 176 valence electrons. The van der Waals surface area contributed by atoms with E-state index in [1.807, 2.05) is 13.1 Å². The predicted molar refractivity (Wildman–Crippen MR) is 123 cm³/mol. The highest BCUT2D eigenvalue weighted by atomic mass is 19.1. The molecule has 1 fully saturated rings. The molecule has 2 atom stereocenters. The summed E-state index contributed by atoms with van der Waals surface area (Å²) < 4.78 is 35.6. The molecule has 2 aromatic heterocycles. The topological polar surface area (TPSA) is 69.6 Å². The van der Waals surface area contributed by atoms with E-state index in [1.54, 1.807) is 17.4 Å². The quantitative estimate of drug-likeness (QED) is 0.496. The molecule has 4 rings (SSSR count). The summed E-state index contributed by atoms with van der Waals surface area (Å²) in [6.07, 6.45) is 4.02. The highest BCUT2D eigenvalue weighted by Gasteiger charge is 2.49. The van der Waals surface area contributed by atoms with Crippen LogP contribution >= 0.6 is 0 Å². The van der Waals surface area contributed by atoms with E-state index >= 15 is 0 Å². The van der Waals surface area contributed by atoms with Gasteiger partial charge in [0.2, 0.25) is 0 Å². The molecule has 0 radical (unpaired) electrons. The minimum absolute atomic E-state index is 0.00692. The number of pyridine rings is 1. The molecule has 3 aromatic rings. The van der Waals surface area contributed by atoms with Crippen LogP contribution in [0.1, 0.15) is 67.3 Å². The maximum absolute atomic E-state index is 14.0. The molecule has 1 saturated carbocycles. The molecule has 1 aliphatic carbocycles. The molecule has 0 saturated heterocycles. The van der Waals surface area contributed by atoms with E-state index in [-0.39, 0.29) is 34.8 Å². The number of imidazole rings is 1. The highest BCUT2D eigenvalue weighted by Crippen LogP contribution is 2.50. The smallest absolute Gasteiger partial charge is 0.181 e. The zero-order valence-corrected chi connectivity index (χ0v) is 19.8. The van der Waals surface area contributed by atoms with E-state index in [1.165, 1.54) is 18.2 Å². The van der Waals surface area contributed by atoms with Crippen LogP contribution in [0.3, 0.4) is 0 Å². The van der Waals surface area contributed by atoms with E-state index in [2.05, 4.69) is 25.8 Å². The first-order valence-corrected chi connectivity index (χ1v) is 11.3. The first-order chi connectivity index (χ1) is 15.4. The lowest BCUT2D eigenvalue weighted by atomic mass is 9.70. The summed E-state index contributed by atoms with van der Waals surface area (Å²) in [5.74, 6) is -0.780. The Hall–Kier alpha value is -2.80. The number of benzene rings is 1. The third-order valence-corrected chi connectivity index (χ3v) is 7.63. The molecular weight excluding hydrogens is 424 g/mol. The number of Topliss-reactive ketones (excluding diaryl/α,β-unsaturated/α-hetero) is 1. The summed E-state index contributed by atoms with van der Waals surface area (Å²) >= 11 is 0. The molecule has 0 bridgehead atoms. The van der Waals surface area contributed by atoms with Gasteiger partial charge in [0, 0.05) is 18.2 Å². The Morgan fingerprint density at radius 1 is 1.24 bits per heavy atom. The van der Waals surface area contributed by atoms with Crippen molar-refractivity contribution in [2.75, 3.05) is 0 Å². The van der Waals surface area contributed by atoms with Gasteiger partial charge in [0.15, 0.2) is 17.2 Å². The summed E-state index contributed by atoms with van der Waals surface area (Å²) in [6.45, 7) is 9.72. The van der Waals surface area contributed by atoms with E-state index in [4.69, 9.17) is 10.5 Å². The molecule has 1 aromatic carbocycles. The number of carbonyl (C=O) groups is 1. The van der Waals surface area contributed by atoms with Gasteiger partial charge in [-0.15, -0.1) is 0 Å². The summed E-state index contributed by atoms with van der Waals surface area (Å²) in [5.41, 5.74) is 8.28. The van der Waals surface area contributed by atoms with Crippen LogP contribution in [0.4, 0.5) is 8.78 Å². The van der Waals surface area contributed by atoms with E-state index in [9.17, 15) is 13.6 Å². The van der Waals surface area contributed by atoms with Crippen molar-refractivity contribution in [3.05, 3.63) is 64.6 Å². The predicted octanol–water partition coefficient (Wildman–Crippen LogP) is 5.53. The summed E-state index contributed by atoms with van der Waals surface area (Å²) in [7, 11) is 0. The van der Waals surface area contributed by atoms with Gasteiger partial charge < -0.3 is 10.5 Å². The van der Waals surface area contributed by atoms with Crippen molar-refractivity contribution in [3.8, 4) is 5.75 Å². The van der Waals surface area contributed by atoms with Gasteiger partial charge in [-0.2, -0.15) is 0 Å². The second kappa shape index (κ2) is 8.20. The van der Waals surface area contributed by atoms with Crippen LogP contribution < -0.4 is 10.5 Å². The van der Waals surface area contributed by atoms with Crippen molar-refractivity contribution >= 4 is 11.4 Å². The normalized spacial score (nSPS) is 22.1. The molecule has 0 unspecified atom stereocenters. The Morgan fingerprint density at radius 3 is 2.52 bits per heavy atom. The Labute approximate surface area is 193 Å². The van der Waals surface area contributed by atoms with Crippen molar-refractivity contribution in [2.45, 2.75) is 66.0 Å². The van der Waals surface area contributed by atoms with Gasteiger partial charge >= 0.3 is 0 Å². The number of halogens is 2. The Balaban J connectivity index is 1.65. The van der Waals surface area contributed by atoms with Crippen LogP contribution in [0.5, 0.6) is 5.75 Å². The van der Waals surface area contributed by atoms with Gasteiger partial charge in [0.05, 0.1) is 11.3 Å². The largest absolute Gasteiger partial charge is 0.485 e. The summed E-state index contributed by atoms with van der Waals surface area (Å²) in [4.78, 5) is 18.0. The van der Waals surface area contributed by atoms with Crippen LogP contribution in [0.2, 0.25) is 0 Å². The molecule has 33 heavy (non-hydrogen) atoms. The number of nitrogens with zero attached hydrogens (tertiary/aromatic N) is 2. The second-order valence-corrected chi connectivity index (χ2v) is 10.1. The molecule has 5 nitrogen and oxygen atoms in total. The fraction of sp³-hybridized carbons (Fsp3) is 0.462. The number of carbonyl (C=O) groups excluding carboxylic acids is 1. The molecule has 2 heterocycles. The van der Waals surface area contributed by atoms with Crippen molar-refractivity contribution in [2.24, 2.45) is 17.1 Å². The van der Waals surface area contributed by atoms with Gasteiger partial charge in [-0.1, -0.05) is 19.9 Å². The fourth-order valence-electron chi connectivity index (χ4n) is 4.92. The Morgan fingerprint density at radius 2 is 1.91 bits per heavy atom. The van der Waals surface area contributed by atoms with Gasteiger partial charge in [0.25, 0.3) is 0 Å². The van der Waals surface area contributed by atoms with Crippen LogP contribution in [-0.4, -0.2) is 20.7 Å². The minimum atomic E-state index is -0.667. The minimum Gasteiger partial charge on any atom is -0.485 e. The maximum atomic E-state index is 14.0. The molecule has 0 spiro atoms. The monoisotopic (exact) mass is 455 g/mol. The lowest BCUT2D eigenvalue weighted by Gasteiger charge is -2.38. The van der Waals surface area contributed by atoms with Gasteiger partial charge in [-0.3, -0.25) is 9.20 Å². The molecule has 0 aliphatic heterocycles. The molecule has 0 amide bonds. The van der Waals surface area contributed by atoms with Crippen LogP contribution in [0.25, 0.3) is 5.65 Å². The van der Waals surface area contributed by atoms with Crippen molar-refractivity contribution < 1.29 is 18.3 Å². The van der Waals surface area contributed by atoms with Crippen molar-refractivity contribution in [3.63, 3.8) is 0 Å². The highest BCUT2D eigenvalue weighted by molar-refractivity contribution is 5.97. The first-order valence-electron chi connectivity index (χ1n) is 11.3. The molecule has 2 N–H and O–H groups in total. The number of aromatic nitrogens is 2. The van der Waals surface area contributed by atoms with Crippen molar-refractivity contribution in [1.29, 1.82) is 0 Å². The van der Waals surface area contributed by atoms with Gasteiger partial charge in [0.1, 0.15) is 23.9 Å². The number of fused-ring (bicyclic) bond motifs is 1. The van der Waals surface area contributed by atoms with Crippen LogP contribution in [0, 0.1) is 36.8 Å². The van der Waals surface area contributed by atoms with E-state index in [0.29, 0.717) is 29.2 Å². The zero-order chi connectivity index (χ0) is 24.1. The van der Waals surface area contributed by atoms with Gasteiger partial charge in [-0.25, -0.2) is 13.8 Å². The SMILES string of the molecule is Cc1cc(OCc2c(F)cccc2F)c2nc(C)c(C(=O)C[C@@H]3CC[C@](C)(N)C3(C)C)n2c1. The number of hydrogen-bond donors (Lipinski definition) is 1. The molecular formula is C26H31F2N3O2. The zero-order valence-electron chi connectivity index (χ0n) is 19.8. The Bertz CT molecular complexity index is 1210. The van der Waals surface area contributed by atoms with Crippen LogP contribution in [-0.2, 0) is 6.61 Å². The second-order valence-electron chi connectivity index (χ2n) is 10.1. The van der Waals surface area contributed by atoms with Gasteiger partial charge in [-0.05, 0) is 68.7 Å². The first kappa shape index (κ1) is 23.4. The maximum Gasteiger partial charge on any atom is 0.181 e.